The highest BCUT2D eigenvalue weighted by molar-refractivity contribution is 9.10. The molecule has 0 aliphatic carbocycles. The van der Waals surface area contributed by atoms with Gasteiger partial charge in [0, 0.05) is 6.04 Å². The summed E-state index contributed by atoms with van der Waals surface area (Å²) in [5, 5.41) is 18.7. The first kappa shape index (κ1) is 11.4. The number of phenolic OH excluding ortho intramolecular Hbond substituents is 1. The molecule has 0 amide bonds. The minimum atomic E-state index is -0.919. The third-order valence-electron chi connectivity index (χ3n) is 1.87. The fourth-order valence-electron chi connectivity index (χ4n) is 1.07. The quantitative estimate of drug-likeness (QED) is 0.761. The zero-order valence-electron chi connectivity index (χ0n) is 7.54. The molecule has 0 aromatic heterocycles. The summed E-state index contributed by atoms with van der Waals surface area (Å²) in [6.07, 6.45) is -0.919. The fourth-order valence-corrected chi connectivity index (χ4v) is 1.54. The lowest BCUT2D eigenvalue weighted by molar-refractivity contribution is 0.153. The Morgan fingerprint density at radius 2 is 2.07 bits per heavy atom. The van der Waals surface area contributed by atoms with Crippen molar-refractivity contribution in [3.63, 3.8) is 0 Å². The van der Waals surface area contributed by atoms with Gasteiger partial charge in [-0.05, 0) is 40.5 Å². The Kier molecular flexibility index (Phi) is 3.47. The maximum atomic E-state index is 13.0. The smallest absolute Gasteiger partial charge is 0.178 e. The summed E-state index contributed by atoms with van der Waals surface area (Å²) >= 11 is 2.93. The summed E-state index contributed by atoms with van der Waals surface area (Å²) in [6.45, 7) is 1.62. The van der Waals surface area contributed by atoms with Gasteiger partial charge in [0.15, 0.2) is 11.6 Å². The second-order valence-corrected chi connectivity index (χ2v) is 3.99. The van der Waals surface area contributed by atoms with Crippen LogP contribution in [-0.4, -0.2) is 16.3 Å². The van der Waals surface area contributed by atoms with Gasteiger partial charge >= 0.3 is 0 Å². The number of hydrogen-bond acceptors (Lipinski definition) is 3. The molecule has 0 saturated carbocycles. The molecule has 0 aliphatic heterocycles. The fraction of sp³-hybridized carbons (Fsp3) is 0.333. The van der Waals surface area contributed by atoms with Crippen LogP contribution in [-0.2, 0) is 0 Å². The molecule has 0 radical (unpaired) electrons. The average molecular weight is 264 g/mol. The largest absolute Gasteiger partial charge is 0.505 e. The standard InChI is InChI=1S/C9H11BrFNO2/c1-4(12)9(14)5-2-6(10)8(11)7(13)3-5/h2-4,9,13-14H,12H2,1H3. The Bertz CT molecular complexity index is 321. The molecule has 1 aromatic rings. The Balaban J connectivity index is 3.12. The molecule has 2 unspecified atom stereocenters. The molecule has 4 N–H and O–H groups in total. The van der Waals surface area contributed by atoms with Gasteiger partial charge in [-0.15, -0.1) is 0 Å². The van der Waals surface area contributed by atoms with E-state index in [9.17, 15) is 9.50 Å². The normalized spacial score (nSPS) is 15.2. The van der Waals surface area contributed by atoms with Crippen LogP contribution in [0.4, 0.5) is 4.39 Å². The number of rotatable bonds is 2. The highest BCUT2D eigenvalue weighted by Gasteiger charge is 2.16. The number of hydrogen-bond donors (Lipinski definition) is 3. The molecule has 14 heavy (non-hydrogen) atoms. The zero-order chi connectivity index (χ0) is 10.9. The van der Waals surface area contributed by atoms with Gasteiger partial charge in [0.25, 0.3) is 0 Å². The Labute approximate surface area is 89.5 Å². The summed E-state index contributed by atoms with van der Waals surface area (Å²) < 4.78 is 13.1. The van der Waals surface area contributed by atoms with Crippen LogP contribution in [0.25, 0.3) is 0 Å². The molecule has 78 valence electrons. The molecular weight excluding hydrogens is 253 g/mol. The maximum Gasteiger partial charge on any atom is 0.178 e. The summed E-state index contributed by atoms with van der Waals surface area (Å²) in [4.78, 5) is 0. The Morgan fingerprint density at radius 3 is 2.50 bits per heavy atom. The number of nitrogens with two attached hydrogens (primary N) is 1. The molecule has 0 saturated heterocycles. The van der Waals surface area contributed by atoms with E-state index in [0.717, 1.165) is 6.07 Å². The van der Waals surface area contributed by atoms with Crippen molar-refractivity contribution < 1.29 is 14.6 Å². The van der Waals surface area contributed by atoms with Gasteiger partial charge in [0.2, 0.25) is 0 Å². The van der Waals surface area contributed by atoms with Gasteiger partial charge in [0.05, 0.1) is 10.6 Å². The van der Waals surface area contributed by atoms with Gasteiger partial charge in [-0.1, -0.05) is 0 Å². The molecule has 3 nitrogen and oxygen atoms in total. The molecule has 1 rings (SSSR count). The minimum Gasteiger partial charge on any atom is -0.505 e. The lowest BCUT2D eigenvalue weighted by Crippen LogP contribution is -2.24. The van der Waals surface area contributed by atoms with Gasteiger partial charge in [0.1, 0.15) is 0 Å². The van der Waals surface area contributed by atoms with Gasteiger partial charge in [-0.3, -0.25) is 0 Å². The number of halogens is 2. The van der Waals surface area contributed by atoms with Crippen LogP contribution in [0, 0.1) is 5.82 Å². The Hall–Kier alpha value is -0.650. The first-order valence-corrected chi connectivity index (χ1v) is 4.84. The summed E-state index contributed by atoms with van der Waals surface area (Å²) in [5.74, 6) is -1.25. The van der Waals surface area contributed by atoms with Crippen LogP contribution >= 0.6 is 15.9 Å². The Morgan fingerprint density at radius 1 is 1.50 bits per heavy atom. The van der Waals surface area contributed by atoms with Crippen molar-refractivity contribution >= 4 is 15.9 Å². The van der Waals surface area contributed by atoms with Crippen molar-refractivity contribution in [1.82, 2.24) is 0 Å². The molecule has 5 heteroatoms. The number of phenols is 1. The predicted molar refractivity (Wildman–Crippen MR) is 54.4 cm³/mol. The van der Waals surface area contributed by atoms with Gasteiger partial charge in [-0.25, -0.2) is 4.39 Å². The topological polar surface area (TPSA) is 66.5 Å². The lowest BCUT2D eigenvalue weighted by atomic mass is 10.0. The van der Waals surface area contributed by atoms with E-state index in [-0.39, 0.29) is 4.47 Å². The summed E-state index contributed by atoms with van der Waals surface area (Å²) in [6, 6.07) is 2.07. The monoisotopic (exact) mass is 263 g/mol. The minimum absolute atomic E-state index is 0.104. The van der Waals surface area contributed by atoms with E-state index in [1.54, 1.807) is 6.92 Å². The number of aromatic hydroxyl groups is 1. The summed E-state index contributed by atoms with van der Waals surface area (Å²) in [7, 11) is 0. The molecule has 0 heterocycles. The highest BCUT2D eigenvalue weighted by Crippen LogP contribution is 2.29. The predicted octanol–water partition coefficient (Wildman–Crippen LogP) is 1.67. The second-order valence-electron chi connectivity index (χ2n) is 3.14. The SMILES string of the molecule is CC(N)C(O)c1cc(O)c(F)c(Br)c1. The van der Waals surface area contributed by atoms with Crippen LogP contribution in [0.1, 0.15) is 18.6 Å². The molecule has 0 bridgehead atoms. The number of benzene rings is 1. The van der Waals surface area contributed by atoms with Gasteiger partial charge < -0.3 is 15.9 Å². The van der Waals surface area contributed by atoms with E-state index >= 15 is 0 Å². The lowest BCUT2D eigenvalue weighted by Gasteiger charge is -2.15. The van der Waals surface area contributed by atoms with E-state index < -0.39 is 23.7 Å². The second kappa shape index (κ2) is 4.25. The molecule has 1 aromatic carbocycles. The van der Waals surface area contributed by atoms with Crippen LogP contribution in [0.2, 0.25) is 0 Å². The third-order valence-corrected chi connectivity index (χ3v) is 2.45. The highest BCUT2D eigenvalue weighted by atomic mass is 79.9. The molecular formula is C9H11BrFNO2. The van der Waals surface area contributed by atoms with E-state index in [1.807, 2.05) is 0 Å². The first-order chi connectivity index (χ1) is 6.43. The van der Waals surface area contributed by atoms with E-state index in [2.05, 4.69) is 15.9 Å². The molecule has 2 atom stereocenters. The van der Waals surface area contributed by atoms with Crippen LogP contribution in [0.3, 0.4) is 0 Å². The van der Waals surface area contributed by atoms with E-state index in [4.69, 9.17) is 10.8 Å². The van der Waals surface area contributed by atoms with Crippen LogP contribution < -0.4 is 5.73 Å². The molecule has 0 fully saturated rings. The molecule has 0 spiro atoms. The van der Waals surface area contributed by atoms with Crippen molar-refractivity contribution in [2.75, 3.05) is 0 Å². The first-order valence-electron chi connectivity index (χ1n) is 4.05. The third kappa shape index (κ3) is 2.23. The van der Waals surface area contributed by atoms with E-state index in [1.165, 1.54) is 6.07 Å². The number of aliphatic hydroxyl groups excluding tert-OH is 1. The van der Waals surface area contributed by atoms with Crippen molar-refractivity contribution in [1.29, 1.82) is 0 Å². The van der Waals surface area contributed by atoms with Crippen LogP contribution in [0.5, 0.6) is 5.75 Å². The molecule has 0 aliphatic rings. The average Bonchev–Trinajstić information content (AvgIpc) is 2.12. The van der Waals surface area contributed by atoms with Gasteiger partial charge in [-0.2, -0.15) is 0 Å². The van der Waals surface area contributed by atoms with Crippen molar-refractivity contribution in [2.45, 2.75) is 19.1 Å². The van der Waals surface area contributed by atoms with E-state index in [0.29, 0.717) is 5.56 Å². The van der Waals surface area contributed by atoms with Crippen molar-refractivity contribution in [2.24, 2.45) is 5.73 Å². The van der Waals surface area contributed by atoms with Crippen LogP contribution in [0.15, 0.2) is 16.6 Å². The van der Waals surface area contributed by atoms with Crippen molar-refractivity contribution in [3.8, 4) is 5.75 Å². The van der Waals surface area contributed by atoms with Crippen molar-refractivity contribution in [3.05, 3.63) is 28.0 Å². The number of aliphatic hydroxyl groups is 1. The zero-order valence-corrected chi connectivity index (χ0v) is 9.12. The summed E-state index contributed by atoms with van der Waals surface area (Å²) in [5.41, 5.74) is 5.85. The maximum absolute atomic E-state index is 13.0.